The zero-order valence-electron chi connectivity index (χ0n) is 10.0. The van der Waals surface area contributed by atoms with Gasteiger partial charge in [-0.1, -0.05) is 12.2 Å². The number of nitrogens with two attached hydrogens (primary N) is 1. The van der Waals surface area contributed by atoms with Crippen molar-refractivity contribution in [2.24, 2.45) is 5.73 Å². The Hall–Kier alpha value is -1.60. The van der Waals surface area contributed by atoms with Crippen molar-refractivity contribution >= 4 is 34.5 Å². The Bertz CT molecular complexity index is 553. The highest BCUT2D eigenvalue weighted by Crippen LogP contribution is 2.19. The first-order chi connectivity index (χ1) is 8.56. The van der Waals surface area contributed by atoms with Crippen molar-refractivity contribution in [1.29, 1.82) is 0 Å². The average molecular weight is 279 g/mol. The third kappa shape index (κ3) is 2.99. The summed E-state index contributed by atoms with van der Waals surface area (Å²) in [6.45, 7) is 3.88. The molecule has 5 nitrogen and oxygen atoms in total. The van der Waals surface area contributed by atoms with E-state index in [9.17, 15) is 0 Å². The summed E-state index contributed by atoms with van der Waals surface area (Å²) >= 11 is 6.51. The van der Waals surface area contributed by atoms with E-state index in [1.54, 1.807) is 23.6 Å². The second kappa shape index (κ2) is 5.36. The number of aromatic nitrogens is 3. The molecule has 1 atom stereocenters. The molecule has 94 valence electrons. The quantitative estimate of drug-likeness (QED) is 0.834. The van der Waals surface area contributed by atoms with Crippen LogP contribution in [0.3, 0.4) is 0 Å². The summed E-state index contributed by atoms with van der Waals surface area (Å²) in [5, 5.41) is 6.11. The van der Waals surface area contributed by atoms with Gasteiger partial charge in [0.05, 0.1) is 6.04 Å². The van der Waals surface area contributed by atoms with E-state index in [-0.39, 0.29) is 11.0 Å². The Morgan fingerprint density at radius 3 is 2.89 bits per heavy atom. The summed E-state index contributed by atoms with van der Waals surface area (Å²) in [4.78, 5) is 13.1. The molecular formula is C11H13N5S2. The number of hydrogen-bond donors (Lipinski definition) is 2. The number of thiocarbonyl (C=S) groups is 1. The lowest BCUT2D eigenvalue weighted by molar-refractivity contribution is 0.844. The minimum absolute atomic E-state index is 0.0472. The molecular weight excluding hydrogens is 266 g/mol. The van der Waals surface area contributed by atoms with Gasteiger partial charge in [0.25, 0.3) is 0 Å². The van der Waals surface area contributed by atoms with Gasteiger partial charge >= 0.3 is 0 Å². The molecule has 0 saturated carbocycles. The van der Waals surface area contributed by atoms with Gasteiger partial charge in [-0.25, -0.2) is 15.0 Å². The molecule has 2 aromatic heterocycles. The van der Waals surface area contributed by atoms with E-state index in [0.29, 0.717) is 11.6 Å². The number of hydrogen-bond acceptors (Lipinski definition) is 6. The molecule has 0 aliphatic carbocycles. The van der Waals surface area contributed by atoms with Crippen LogP contribution in [0.15, 0.2) is 17.6 Å². The zero-order chi connectivity index (χ0) is 13.1. The van der Waals surface area contributed by atoms with Gasteiger partial charge in [-0.15, -0.1) is 11.3 Å². The monoisotopic (exact) mass is 279 g/mol. The number of nitrogens with one attached hydrogen (secondary N) is 1. The minimum atomic E-state index is 0.0472. The first kappa shape index (κ1) is 12.8. The molecule has 2 rings (SSSR count). The average Bonchev–Trinajstić information content (AvgIpc) is 2.81. The van der Waals surface area contributed by atoms with Crippen molar-refractivity contribution in [1.82, 2.24) is 15.0 Å². The Morgan fingerprint density at radius 2 is 2.28 bits per heavy atom. The first-order valence-corrected chi connectivity index (χ1v) is 6.66. The summed E-state index contributed by atoms with van der Waals surface area (Å²) in [7, 11) is 0. The molecule has 3 N–H and O–H groups in total. The number of nitrogens with zero attached hydrogens (tertiary/aromatic N) is 3. The Morgan fingerprint density at radius 1 is 1.50 bits per heavy atom. The molecule has 18 heavy (non-hydrogen) atoms. The molecule has 1 unspecified atom stereocenters. The highest BCUT2D eigenvalue weighted by molar-refractivity contribution is 7.80. The lowest BCUT2D eigenvalue weighted by Crippen LogP contribution is -2.16. The highest BCUT2D eigenvalue weighted by Gasteiger charge is 2.11. The molecule has 2 heterocycles. The van der Waals surface area contributed by atoms with Crippen LogP contribution in [0.2, 0.25) is 0 Å². The molecule has 0 amide bonds. The van der Waals surface area contributed by atoms with E-state index in [0.717, 1.165) is 10.7 Å². The second-order valence-electron chi connectivity index (χ2n) is 3.82. The fourth-order valence-corrected chi connectivity index (χ4v) is 2.21. The van der Waals surface area contributed by atoms with Crippen LogP contribution >= 0.6 is 23.6 Å². The van der Waals surface area contributed by atoms with Crippen LogP contribution in [-0.2, 0) is 0 Å². The van der Waals surface area contributed by atoms with Crippen molar-refractivity contribution < 1.29 is 0 Å². The Balaban J connectivity index is 2.21. The lowest BCUT2D eigenvalue weighted by Gasteiger charge is -2.12. The third-order valence-electron chi connectivity index (χ3n) is 2.27. The first-order valence-electron chi connectivity index (χ1n) is 5.37. The van der Waals surface area contributed by atoms with E-state index in [1.807, 2.05) is 19.2 Å². The molecule has 0 saturated heterocycles. The molecule has 0 aliphatic rings. The van der Waals surface area contributed by atoms with Crippen molar-refractivity contribution in [3.05, 3.63) is 34.0 Å². The zero-order valence-corrected chi connectivity index (χ0v) is 11.7. The van der Waals surface area contributed by atoms with E-state index < -0.39 is 0 Å². The topological polar surface area (TPSA) is 76.7 Å². The van der Waals surface area contributed by atoms with Crippen molar-refractivity contribution in [2.75, 3.05) is 5.32 Å². The van der Waals surface area contributed by atoms with E-state index in [4.69, 9.17) is 18.0 Å². The van der Waals surface area contributed by atoms with E-state index in [1.165, 1.54) is 0 Å². The van der Waals surface area contributed by atoms with Gasteiger partial charge in [-0.2, -0.15) is 0 Å². The van der Waals surface area contributed by atoms with Crippen molar-refractivity contribution in [2.45, 2.75) is 19.9 Å². The second-order valence-corrected chi connectivity index (χ2v) is 5.18. The summed E-state index contributed by atoms with van der Waals surface area (Å²) in [6.07, 6.45) is 1.77. The largest absolute Gasteiger partial charge is 0.388 e. The van der Waals surface area contributed by atoms with Crippen LogP contribution in [0, 0.1) is 6.92 Å². The van der Waals surface area contributed by atoms with Crippen LogP contribution in [0.25, 0.3) is 0 Å². The van der Waals surface area contributed by atoms with Gasteiger partial charge in [0, 0.05) is 17.3 Å². The van der Waals surface area contributed by atoms with Crippen LogP contribution in [0.1, 0.15) is 29.4 Å². The van der Waals surface area contributed by atoms with Gasteiger partial charge in [0.1, 0.15) is 15.7 Å². The maximum Gasteiger partial charge on any atom is 0.224 e. The van der Waals surface area contributed by atoms with Gasteiger partial charge in [0.15, 0.2) is 0 Å². The number of thiazole rings is 1. The normalized spacial score (nSPS) is 12.1. The van der Waals surface area contributed by atoms with Gasteiger partial charge in [-0.05, 0) is 19.9 Å². The summed E-state index contributed by atoms with van der Waals surface area (Å²) in [5.74, 6) is 0.514. The molecule has 0 aromatic carbocycles. The number of rotatable bonds is 4. The fraction of sp³-hybridized carbons (Fsp3) is 0.273. The van der Waals surface area contributed by atoms with Crippen LogP contribution in [0.5, 0.6) is 0 Å². The van der Waals surface area contributed by atoms with Crippen LogP contribution < -0.4 is 11.1 Å². The summed E-state index contributed by atoms with van der Waals surface area (Å²) < 4.78 is 0. The van der Waals surface area contributed by atoms with E-state index in [2.05, 4.69) is 20.3 Å². The third-order valence-corrected chi connectivity index (χ3v) is 3.44. The summed E-state index contributed by atoms with van der Waals surface area (Å²) in [5.41, 5.74) is 6.98. The smallest absolute Gasteiger partial charge is 0.224 e. The van der Waals surface area contributed by atoms with Gasteiger partial charge in [0.2, 0.25) is 5.95 Å². The standard InChI is InChI=1S/C11H13N5S2/c1-6-5-8(9(12)17)16-11(14-6)15-7(2)10-13-3-4-18-10/h3-5,7H,1-2H3,(H2,12,17)(H,14,15,16). The van der Waals surface area contributed by atoms with Crippen molar-refractivity contribution in [3.8, 4) is 0 Å². The SMILES string of the molecule is Cc1cc(C(N)=S)nc(NC(C)c2nccs2)n1. The molecule has 2 aromatic rings. The summed E-state index contributed by atoms with van der Waals surface area (Å²) in [6, 6.07) is 1.81. The minimum Gasteiger partial charge on any atom is -0.388 e. The van der Waals surface area contributed by atoms with E-state index >= 15 is 0 Å². The Kier molecular flexibility index (Phi) is 3.83. The molecule has 0 radical (unpaired) electrons. The fourth-order valence-electron chi connectivity index (χ4n) is 1.46. The van der Waals surface area contributed by atoms with Gasteiger partial charge < -0.3 is 11.1 Å². The maximum absolute atomic E-state index is 5.58. The molecule has 7 heteroatoms. The molecule has 0 fully saturated rings. The predicted octanol–water partition coefficient (Wildman–Crippen LogP) is 2.05. The maximum atomic E-state index is 5.58. The molecule has 0 spiro atoms. The number of anilines is 1. The van der Waals surface area contributed by atoms with Gasteiger partial charge in [-0.3, -0.25) is 0 Å². The highest BCUT2D eigenvalue weighted by atomic mass is 32.1. The van der Waals surface area contributed by atoms with Crippen molar-refractivity contribution in [3.63, 3.8) is 0 Å². The molecule has 0 bridgehead atoms. The van der Waals surface area contributed by atoms with Crippen LogP contribution in [0.4, 0.5) is 5.95 Å². The van der Waals surface area contributed by atoms with Crippen LogP contribution in [-0.4, -0.2) is 19.9 Å². The predicted molar refractivity (Wildman–Crippen MR) is 76.8 cm³/mol. The Labute approximate surface area is 114 Å². The number of aryl methyl sites for hydroxylation is 1. The molecule has 0 aliphatic heterocycles. The lowest BCUT2D eigenvalue weighted by atomic mass is 10.3.